The van der Waals surface area contributed by atoms with Gasteiger partial charge in [-0.1, -0.05) is 12.1 Å². The van der Waals surface area contributed by atoms with E-state index in [9.17, 15) is 0 Å². The van der Waals surface area contributed by atoms with Crippen LogP contribution in [0.25, 0.3) is 21.9 Å². The van der Waals surface area contributed by atoms with Gasteiger partial charge in [-0.05, 0) is 77.7 Å². The van der Waals surface area contributed by atoms with E-state index in [1.54, 1.807) is 6.33 Å². The summed E-state index contributed by atoms with van der Waals surface area (Å²) in [5, 5.41) is 5.37. The number of fused-ring (bicyclic) bond motifs is 2. The first-order chi connectivity index (χ1) is 14.6. The Morgan fingerprint density at radius 3 is 2.97 bits per heavy atom. The first-order valence-corrected chi connectivity index (χ1v) is 11.3. The highest BCUT2D eigenvalue weighted by atomic mass is 79.9. The number of nitrogen functional groups attached to an aromatic ring is 1. The lowest BCUT2D eigenvalue weighted by atomic mass is 9.97. The molecule has 1 aromatic carbocycles. The summed E-state index contributed by atoms with van der Waals surface area (Å²) in [5.41, 5.74) is 9.29. The quantitative estimate of drug-likeness (QED) is 0.416. The number of hydrogen-bond donors (Lipinski definition) is 2. The maximum Gasteiger partial charge on any atom is 0.145 e. The molecule has 30 heavy (non-hydrogen) atoms. The van der Waals surface area contributed by atoms with Gasteiger partial charge in [-0.15, -0.1) is 0 Å². The minimum absolute atomic E-state index is 0.516. The molecule has 0 spiro atoms. The molecule has 1 aliphatic carbocycles. The SMILES string of the molecule is CNc1ncnc2c1ccn2C1CCC(CCc2ccc3cc(Br)c(N)nc3c2)C1. The monoisotopic (exact) mass is 464 g/mol. The third kappa shape index (κ3) is 3.51. The van der Waals surface area contributed by atoms with E-state index in [0.29, 0.717) is 11.9 Å². The minimum Gasteiger partial charge on any atom is -0.383 e. The minimum atomic E-state index is 0.516. The Labute approximate surface area is 184 Å². The van der Waals surface area contributed by atoms with E-state index in [1.807, 2.05) is 13.1 Å². The second-order valence-corrected chi connectivity index (χ2v) is 9.04. The number of aromatic nitrogens is 4. The van der Waals surface area contributed by atoms with Gasteiger partial charge in [0, 0.05) is 24.7 Å². The molecule has 0 saturated heterocycles. The number of anilines is 2. The number of hydrogen-bond acceptors (Lipinski definition) is 5. The molecule has 3 heterocycles. The molecule has 0 amide bonds. The van der Waals surface area contributed by atoms with Crippen LogP contribution in [0.3, 0.4) is 0 Å². The number of benzene rings is 1. The third-order valence-corrected chi connectivity index (χ3v) is 6.99. The number of aryl methyl sites for hydroxylation is 1. The summed E-state index contributed by atoms with van der Waals surface area (Å²) in [6.45, 7) is 0. The van der Waals surface area contributed by atoms with Gasteiger partial charge in [0.1, 0.15) is 23.6 Å². The second kappa shape index (κ2) is 7.87. The summed E-state index contributed by atoms with van der Waals surface area (Å²) in [6.07, 6.45) is 9.76. The topological polar surface area (TPSA) is 81.7 Å². The molecule has 6 nitrogen and oxygen atoms in total. The number of nitrogens with one attached hydrogen (secondary N) is 1. The highest BCUT2D eigenvalue weighted by Crippen LogP contribution is 2.39. The first kappa shape index (κ1) is 19.3. The number of nitrogens with zero attached hydrogens (tertiary/aromatic N) is 4. The normalized spacial score (nSPS) is 19.0. The molecular formula is C23H25BrN6. The number of nitrogens with two attached hydrogens (primary N) is 1. The molecule has 4 aromatic rings. The highest BCUT2D eigenvalue weighted by Gasteiger charge is 2.27. The fraction of sp³-hybridized carbons (Fsp3) is 0.348. The van der Waals surface area contributed by atoms with E-state index in [0.717, 1.165) is 44.6 Å². The molecule has 0 bridgehead atoms. The van der Waals surface area contributed by atoms with Crippen molar-refractivity contribution in [3.05, 3.63) is 52.9 Å². The van der Waals surface area contributed by atoms with Gasteiger partial charge in [-0.3, -0.25) is 0 Å². The van der Waals surface area contributed by atoms with Crippen molar-refractivity contribution in [1.82, 2.24) is 19.5 Å². The zero-order chi connectivity index (χ0) is 20.7. The molecule has 1 saturated carbocycles. The van der Waals surface area contributed by atoms with Gasteiger partial charge in [0.15, 0.2) is 0 Å². The van der Waals surface area contributed by atoms with Crippen LogP contribution in [-0.2, 0) is 6.42 Å². The Morgan fingerprint density at radius 2 is 2.10 bits per heavy atom. The number of rotatable bonds is 5. The molecule has 3 N–H and O–H groups in total. The van der Waals surface area contributed by atoms with Crippen molar-refractivity contribution in [2.45, 2.75) is 38.1 Å². The molecule has 3 aromatic heterocycles. The van der Waals surface area contributed by atoms with Crippen LogP contribution in [0, 0.1) is 5.92 Å². The van der Waals surface area contributed by atoms with Gasteiger partial charge in [0.25, 0.3) is 0 Å². The van der Waals surface area contributed by atoms with Crippen LogP contribution < -0.4 is 11.1 Å². The molecule has 1 aliphatic rings. The largest absolute Gasteiger partial charge is 0.383 e. The maximum absolute atomic E-state index is 5.96. The number of halogens is 1. The van der Waals surface area contributed by atoms with Gasteiger partial charge in [-0.2, -0.15) is 0 Å². The van der Waals surface area contributed by atoms with Crippen molar-refractivity contribution in [3.8, 4) is 0 Å². The fourth-order valence-corrected chi connectivity index (χ4v) is 5.09. The highest BCUT2D eigenvalue weighted by molar-refractivity contribution is 9.10. The lowest BCUT2D eigenvalue weighted by Gasteiger charge is -2.15. The second-order valence-electron chi connectivity index (χ2n) is 8.19. The standard InChI is InChI=1S/C23H25BrN6/c1-26-22-18-8-9-30(23(18)28-13-27-22)17-7-5-14(10-17)2-3-15-4-6-16-12-19(24)21(25)29-20(16)11-15/h4,6,8-9,11-14,17H,2-3,5,7,10H2,1H3,(H2,25,29)(H,26,27,28). The third-order valence-electron chi connectivity index (χ3n) is 6.36. The van der Waals surface area contributed by atoms with E-state index in [1.165, 1.54) is 31.2 Å². The first-order valence-electron chi connectivity index (χ1n) is 10.5. The smallest absolute Gasteiger partial charge is 0.145 e. The zero-order valence-electron chi connectivity index (χ0n) is 17.0. The van der Waals surface area contributed by atoms with Gasteiger partial charge in [-0.25, -0.2) is 15.0 Å². The van der Waals surface area contributed by atoms with Crippen LogP contribution >= 0.6 is 15.9 Å². The van der Waals surface area contributed by atoms with Crippen molar-refractivity contribution < 1.29 is 0 Å². The van der Waals surface area contributed by atoms with Gasteiger partial charge in [0.2, 0.25) is 0 Å². The average molecular weight is 465 g/mol. The van der Waals surface area contributed by atoms with Crippen LogP contribution in [0.5, 0.6) is 0 Å². The van der Waals surface area contributed by atoms with Crippen molar-refractivity contribution in [1.29, 1.82) is 0 Å². The predicted octanol–water partition coefficient (Wildman–Crippen LogP) is 5.34. The molecule has 0 aliphatic heterocycles. The van der Waals surface area contributed by atoms with Gasteiger partial charge < -0.3 is 15.6 Å². The Balaban J connectivity index is 1.27. The molecule has 2 atom stereocenters. The lowest BCUT2D eigenvalue weighted by Crippen LogP contribution is -2.06. The molecular weight excluding hydrogens is 440 g/mol. The fourth-order valence-electron chi connectivity index (χ4n) is 4.76. The van der Waals surface area contributed by atoms with Crippen LogP contribution in [0.2, 0.25) is 0 Å². The molecule has 1 fully saturated rings. The predicted molar refractivity (Wildman–Crippen MR) is 126 cm³/mol. The van der Waals surface area contributed by atoms with E-state index in [2.05, 4.69) is 71.2 Å². The van der Waals surface area contributed by atoms with Crippen molar-refractivity contribution in [2.24, 2.45) is 5.92 Å². The summed E-state index contributed by atoms with van der Waals surface area (Å²) in [7, 11) is 1.90. The Hall–Kier alpha value is -2.67. The lowest BCUT2D eigenvalue weighted by molar-refractivity contribution is 0.461. The van der Waals surface area contributed by atoms with Crippen LogP contribution in [0.15, 0.2) is 47.3 Å². The van der Waals surface area contributed by atoms with Crippen molar-refractivity contribution in [3.63, 3.8) is 0 Å². The Morgan fingerprint density at radius 1 is 1.20 bits per heavy atom. The Bertz CT molecular complexity index is 1220. The summed E-state index contributed by atoms with van der Waals surface area (Å²) >= 11 is 3.45. The van der Waals surface area contributed by atoms with Gasteiger partial charge in [0.05, 0.1) is 15.4 Å². The average Bonchev–Trinajstić information content (AvgIpc) is 3.39. The van der Waals surface area contributed by atoms with Crippen LogP contribution in [-0.4, -0.2) is 26.6 Å². The molecule has 2 unspecified atom stereocenters. The van der Waals surface area contributed by atoms with E-state index < -0.39 is 0 Å². The van der Waals surface area contributed by atoms with Crippen LogP contribution in [0.1, 0.15) is 37.3 Å². The van der Waals surface area contributed by atoms with E-state index >= 15 is 0 Å². The van der Waals surface area contributed by atoms with E-state index in [4.69, 9.17) is 5.73 Å². The Kier molecular flexibility index (Phi) is 5.06. The van der Waals surface area contributed by atoms with Crippen molar-refractivity contribution in [2.75, 3.05) is 18.1 Å². The van der Waals surface area contributed by atoms with Crippen LogP contribution in [0.4, 0.5) is 11.6 Å². The molecule has 0 radical (unpaired) electrons. The van der Waals surface area contributed by atoms with E-state index in [-0.39, 0.29) is 0 Å². The number of pyridine rings is 1. The summed E-state index contributed by atoms with van der Waals surface area (Å²) in [5.74, 6) is 2.17. The zero-order valence-corrected chi connectivity index (χ0v) is 18.6. The van der Waals surface area contributed by atoms with Crippen molar-refractivity contribution >= 4 is 49.5 Å². The summed E-state index contributed by atoms with van der Waals surface area (Å²) in [4.78, 5) is 13.4. The molecule has 7 heteroatoms. The maximum atomic E-state index is 5.96. The molecule has 154 valence electrons. The summed E-state index contributed by atoms with van der Waals surface area (Å²) < 4.78 is 3.20. The van der Waals surface area contributed by atoms with Gasteiger partial charge >= 0.3 is 0 Å². The summed E-state index contributed by atoms with van der Waals surface area (Å²) in [6, 6.07) is 11.2. The molecule has 5 rings (SSSR count).